The summed E-state index contributed by atoms with van der Waals surface area (Å²) in [6, 6.07) is 7.40. The van der Waals surface area contributed by atoms with Crippen LogP contribution in [-0.2, 0) is 4.79 Å². The summed E-state index contributed by atoms with van der Waals surface area (Å²) in [7, 11) is 0. The number of aromatic nitrogens is 1. The van der Waals surface area contributed by atoms with Crippen LogP contribution in [0.15, 0.2) is 45.1 Å². The Morgan fingerprint density at radius 1 is 1.53 bits per heavy atom. The molecular weight excluding hydrogens is 254 g/mol. The fourth-order valence-corrected chi connectivity index (χ4v) is 3.49. The van der Waals surface area contributed by atoms with Gasteiger partial charge in [-0.15, -0.1) is 11.3 Å². The third-order valence-electron chi connectivity index (χ3n) is 2.45. The summed E-state index contributed by atoms with van der Waals surface area (Å²) in [5, 5.41) is 12.2. The molecule has 2 rings (SSSR count). The van der Waals surface area contributed by atoms with Crippen LogP contribution in [0.1, 0.15) is 19.4 Å². The lowest BCUT2D eigenvalue weighted by Gasteiger charge is -2.15. The molecule has 1 N–H and O–H groups in total. The molecule has 1 unspecified atom stereocenters. The van der Waals surface area contributed by atoms with Crippen molar-refractivity contribution in [2.45, 2.75) is 28.6 Å². The maximum Gasteiger partial charge on any atom is 0.326 e. The molecule has 0 radical (unpaired) electrons. The summed E-state index contributed by atoms with van der Waals surface area (Å²) in [5.41, 5.74) is 0. The molecule has 0 aromatic carbocycles. The molecule has 0 fully saturated rings. The molecule has 5 heteroatoms. The zero-order chi connectivity index (χ0) is 12.3. The van der Waals surface area contributed by atoms with Gasteiger partial charge in [0.15, 0.2) is 0 Å². The highest BCUT2D eigenvalue weighted by Gasteiger charge is 2.19. The predicted molar refractivity (Wildman–Crippen MR) is 69.8 cm³/mol. The number of hydrogen-bond donors (Lipinski definition) is 1. The van der Waals surface area contributed by atoms with E-state index in [2.05, 4.69) is 0 Å². The van der Waals surface area contributed by atoms with Crippen LogP contribution in [0.4, 0.5) is 0 Å². The Morgan fingerprint density at radius 2 is 2.35 bits per heavy atom. The van der Waals surface area contributed by atoms with Crippen molar-refractivity contribution < 1.29 is 9.90 Å². The van der Waals surface area contributed by atoms with E-state index in [9.17, 15) is 4.79 Å². The van der Waals surface area contributed by atoms with Gasteiger partial charge in [-0.05, 0) is 30.0 Å². The maximum atomic E-state index is 11.2. The molecule has 0 saturated carbocycles. The van der Waals surface area contributed by atoms with Gasteiger partial charge in [0.2, 0.25) is 0 Å². The Bertz CT molecular complexity index is 490. The van der Waals surface area contributed by atoms with E-state index >= 15 is 0 Å². The molecule has 2 aromatic heterocycles. The largest absolute Gasteiger partial charge is 0.480 e. The second kappa shape index (κ2) is 5.42. The predicted octanol–water partition coefficient (Wildman–Crippen LogP) is 3.74. The number of nitrogens with zero attached hydrogens (tertiary/aromatic N) is 1. The van der Waals surface area contributed by atoms with Gasteiger partial charge in [0.25, 0.3) is 0 Å². The zero-order valence-electron chi connectivity index (χ0n) is 9.37. The molecule has 2 heterocycles. The molecule has 0 spiro atoms. The van der Waals surface area contributed by atoms with Gasteiger partial charge in [0, 0.05) is 6.20 Å². The molecule has 17 heavy (non-hydrogen) atoms. The minimum atomic E-state index is -0.781. The molecule has 2 aromatic rings. The lowest BCUT2D eigenvalue weighted by Crippen LogP contribution is -2.17. The van der Waals surface area contributed by atoms with Crippen molar-refractivity contribution >= 4 is 29.1 Å². The lowest BCUT2D eigenvalue weighted by atomic mass is 10.2. The fourth-order valence-electron chi connectivity index (χ4n) is 1.64. The molecule has 0 saturated heterocycles. The van der Waals surface area contributed by atoms with Gasteiger partial charge in [-0.3, -0.25) is 0 Å². The molecule has 1 atom stereocenters. The highest BCUT2D eigenvalue weighted by molar-refractivity contribution is 8.01. The van der Waals surface area contributed by atoms with Crippen LogP contribution in [0.2, 0.25) is 0 Å². The van der Waals surface area contributed by atoms with Crippen molar-refractivity contribution in [1.29, 1.82) is 0 Å². The highest BCUT2D eigenvalue weighted by Crippen LogP contribution is 2.33. The summed E-state index contributed by atoms with van der Waals surface area (Å²) in [4.78, 5) is 11.2. The van der Waals surface area contributed by atoms with Crippen LogP contribution < -0.4 is 0 Å². The third-order valence-corrected chi connectivity index (χ3v) is 4.54. The van der Waals surface area contributed by atoms with Gasteiger partial charge in [-0.1, -0.05) is 24.8 Å². The van der Waals surface area contributed by atoms with Crippen LogP contribution >= 0.6 is 23.1 Å². The van der Waals surface area contributed by atoms with E-state index in [4.69, 9.17) is 5.11 Å². The Balaban J connectivity index is 2.24. The molecule has 0 aliphatic carbocycles. The smallest absolute Gasteiger partial charge is 0.326 e. The second-order valence-electron chi connectivity index (χ2n) is 3.55. The Hall–Kier alpha value is -1.20. The van der Waals surface area contributed by atoms with Gasteiger partial charge in [0.1, 0.15) is 6.04 Å². The topological polar surface area (TPSA) is 42.2 Å². The average Bonchev–Trinajstić information content (AvgIpc) is 2.92. The first kappa shape index (κ1) is 12.3. The van der Waals surface area contributed by atoms with Crippen LogP contribution in [-0.4, -0.2) is 15.6 Å². The number of carboxylic acids is 1. The summed E-state index contributed by atoms with van der Waals surface area (Å²) in [6.45, 7) is 1.89. The minimum Gasteiger partial charge on any atom is -0.480 e. The van der Waals surface area contributed by atoms with Crippen molar-refractivity contribution in [2.75, 3.05) is 0 Å². The second-order valence-corrected chi connectivity index (χ2v) is 5.82. The Morgan fingerprint density at radius 3 is 2.94 bits per heavy atom. The van der Waals surface area contributed by atoms with Crippen molar-refractivity contribution in [3.8, 4) is 0 Å². The molecule has 0 bridgehead atoms. The first-order valence-corrected chi connectivity index (χ1v) is 7.03. The number of carboxylic acid groups (broad SMARTS) is 1. The van der Waals surface area contributed by atoms with Crippen molar-refractivity contribution in [2.24, 2.45) is 0 Å². The number of hydrogen-bond acceptors (Lipinski definition) is 3. The average molecular weight is 267 g/mol. The van der Waals surface area contributed by atoms with E-state index < -0.39 is 12.0 Å². The number of thiophene rings is 1. The van der Waals surface area contributed by atoms with Gasteiger partial charge in [-0.25, -0.2) is 4.79 Å². The Labute approximate surface area is 108 Å². The van der Waals surface area contributed by atoms with Crippen LogP contribution in [0, 0.1) is 0 Å². The van der Waals surface area contributed by atoms with Gasteiger partial charge in [-0.2, -0.15) is 0 Å². The van der Waals surface area contributed by atoms with E-state index in [1.54, 1.807) is 23.1 Å². The molecular formula is C12H13NO2S2. The molecule has 0 aliphatic heterocycles. The summed E-state index contributed by atoms with van der Waals surface area (Å²) < 4.78 is 3.00. The van der Waals surface area contributed by atoms with Gasteiger partial charge in [0.05, 0.1) is 9.24 Å². The molecule has 90 valence electrons. The molecule has 3 nitrogen and oxygen atoms in total. The van der Waals surface area contributed by atoms with Crippen molar-refractivity contribution in [1.82, 2.24) is 4.57 Å². The monoisotopic (exact) mass is 267 g/mol. The third kappa shape index (κ3) is 2.73. The Kier molecular flexibility index (Phi) is 3.91. The van der Waals surface area contributed by atoms with E-state index in [0.717, 1.165) is 5.03 Å². The maximum absolute atomic E-state index is 11.2. The molecule has 0 amide bonds. The van der Waals surface area contributed by atoms with Crippen molar-refractivity contribution in [3.63, 3.8) is 0 Å². The summed E-state index contributed by atoms with van der Waals surface area (Å²) >= 11 is 3.27. The van der Waals surface area contributed by atoms with Crippen molar-refractivity contribution in [3.05, 3.63) is 35.8 Å². The SMILES string of the molecule is CCC(C(=O)O)n1cccc1Sc1cccs1. The summed E-state index contributed by atoms with van der Waals surface area (Å²) in [5.74, 6) is -0.781. The van der Waals surface area contributed by atoms with Gasteiger partial charge >= 0.3 is 5.97 Å². The lowest BCUT2D eigenvalue weighted by molar-refractivity contribution is -0.141. The number of rotatable bonds is 5. The van der Waals surface area contributed by atoms with Crippen LogP contribution in [0.5, 0.6) is 0 Å². The van der Waals surface area contributed by atoms with Gasteiger partial charge < -0.3 is 9.67 Å². The van der Waals surface area contributed by atoms with Crippen LogP contribution in [0.25, 0.3) is 0 Å². The first-order chi connectivity index (χ1) is 8.22. The quantitative estimate of drug-likeness (QED) is 0.897. The van der Waals surface area contributed by atoms with E-state index in [-0.39, 0.29) is 0 Å². The fraction of sp³-hybridized carbons (Fsp3) is 0.250. The number of carbonyl (C=O) groups is 1. The zero-order valence-corrected chi connectivity index (χ0v) is 11.0. The van der Waals surface area contributed by atoms with E-state index in [1.165, 1.54) is 4.21 Å². The standard InChI is InChI=1S/C12H13NO2S2/c1-2-9(12(14)15)13-7-3-5-10(13)17-11-6-4-8-16-11/h3-9H,2H2,1H3,(H,14,15). The minimum absolute atomic E-state index is 0.479. The van der Waals surface area contributed by atoms with Crippen LogP contribution in [0.3, 0.4) is 0 Å². The highest BCUT2D eigenvalue weighted by atomic mass is 32.2. The number of aliphatic carboxylic acids is 1. The first-order valence-electron chi connectivity index (χ1n) is 5.33. The van der Waals surface area contributed by atoms with E-state index in [0.29, 0.717) is 6.42 Å². The summed E-state index contributed by atoms with van der Waals surface area (Å²) in [6.07, 6.45) is 2.42. The normalized spacial score (nSPS) is 12.5. The van der Waals surface area contributed by atoms with E-state index in [1.807, 2.05) is 47.3 Å². The molecule has 0 aliphatic rings.